The van der Waals surface area contributed by atoms with Crippen LogP contribution in [0.4, 0.5) is 8.78 Å². The third-order valence-electron chi connectivity index (χ3n) is 13.2. The van der Waals surface area contributed by atoms with Crippen molar-refractivity contribution >= 4 is 23.9 Å². The fourth-order valence-electron chi connectivity index (χ4n) is 8.78. The minimum absolute atomic E-state index is 0.166. The van der Waals surface area contributed by atoms with E-state index in [9.17, 15) is 24.4 Å². The molecule has 7 rings (SSSR count). The number of aryl methyl sites for hydroxylation is 2. The molecule has 0 aliphatic rings. The number of nitriles is 1. The molecule has 0 fully saturated rings. The lowest BCUT2D eigenvalue weighted by Crippen LogP contribution is -2.15. The summed E-state index contributed by atoms with van der Waals surface area (Å²) < 4.78 is 52.3. The molecule has 11 heteroatoms. The van der Waals surface area contributed by atoms with Crippen LogP contribution in [0.2, 0.25) is 0 Å². The van der Waals surface area contributed by atoms with Crippen LogP contribution in [0, 0.1) is 23.0 Å². The van der Waals surface area contributed by atoms with Crippen molar-refractivity contribution < 1.29 is 46.9 Å². The van der Waals surface area contributed by atoms with Gasteiger partial charge in [0.2, 0.25) is 0 Å². The lowest BCUT2D eigenvalue weighted by Gasteiger charge is -2.12. The predicted octanol–water partition coefficient (Wildman–Crippen LogP) is 16.6. The lowest BCUT2D eigenvalue weighted by molar-refractivity contribution is 0.0720. The molecule has 0 N–H and O–H groups in total. The number of nitrogens with zero attached hydrogens (tertiary/aromatic N) is 1. The number of rotatable bonds is 26. The molecule has 0 saturated carbocycles. The number of unbranched alkanes of at least 4 members (excludes halogenated alkanes) is 12. The summed E-state index contributed by atoms with van der Waals surface area (Å²) in [6.45, 7) is 4.45. The standard InChI is InChI=1S/C65H63F2NO8/c1-3-5-7-9-11-13-15-18-45-22-26-47(27-23-45)49-30-34-51(35-31-49)62(69)73-53-38-40-55(58(66)42-53)64(71)75-60-20-17-21-61(57(60)44-68)76-65(72)56-41-39-54(43-59(56)67)74-63(70)52-36-32-50(33-37-52)48-28-24-46(25-29-48)19-16-14-12-10-8-6-4-2/h17,20-43H,3-16,18-19H2,1-2H3. The number of benzene rings is 7. The Morgan fingerprint density at radius 2 is 0.750 bits per heavy atom. The number of hydrogen-bond donors (Lipinski definition) is 0. The quantitative estimate of drug-likeness (QED) is 0.0296. The average molecular weight is 1020 g/mol. The van der Waals surface area contributed by atoms with Gasteiger partial charge in [0.15, 0.2) is 11.5 Å². The van der Waals surface area contributed by atoms with Gasteiger partial charge in [0.25, 0.3) is 0 Å². The van der Waals surface area contributed by atoms with Gasteiger partial charge in [-0.3, -0.25) is 0 Å². The van der Waals surface area contributed by atoms with Crippen LogP contribution in [0.3, 0.4) is 0 Å². The second kappa shape index (κ2) is 28.4. The minimum Gasteiger partial charge on any atom is -0.423 e. The van der Waals surface area contributed by atoms with Gasteiger partial charge in [-0.15, -0.1) is 0 Å². The van der Waals surface area contributed by atoms with Crippen LogP contribution in [0.5, 0.6) is 23.0 Å². The molecule has 7 aromatic carbocycles. The Morgan fingerprint density at radius 3 is 1.09 bits per heavy atom. The highest BCUT2D eigenvalue weighted by atomic mass is 19.1. The third-order valence-corrected chi connectivity index (χ3v) is 13.2. The molecule has 390 valence electrons. The maximum Gasteiger partial charge on any atom is 0.346 e. The number of carbonyl (C=O) groups excluding carboxylic acids is 4. The van der Waals surface area contributed by atoms with Crippen LogP contribution in [-0.2, 0) is 12.8 Å². The van der Waals surface area contributed by atoms with E-state index in [0.717, 1.165) is 59.4 Å². The Balaban J connectivity index is 0.884. The Morgan fingerprint density at radius 1 is 0.408 bits per heavy atom. The molecule has 7 aromatic rings. The van der Waals surface area contributed by atoms with E-state index in [2.05, 4.69) is 62.4 Å². The molecule has 0 aliphatic carbocycles. The molecule has 0 heterocycles. The largest absolute Gasteiger partial charge is 0.423 e. The van der Waals surface area contributed by atoms with Crippen molar-refractivity contribution in [3.63, 3.8) is 0 Å². The molecule has 0 spiro atoms. The second-order valence-electron chi connectivity index (χ2n) is 18.9. The molecule has 76 heavy (non-hydrogen) atoms. The number of hydrogen-bond acceptors (Lipinski definition) is 9. The van der Waals surface area contributed by atoms with Crippen LogP contribution >= 0.6 is 0 Å². The summed E-state index contributed by atoms with van der Waals surface area (Å²) in [5, 5.41) is 10.0. The molecular formula is C65H63F2NO8. The van der Waals surface area contributed by atoms with Gasteiger partial charge in [0, 0.05) is 12.1 Å². The van der Waals surface area contributed by atoms with Crippen molar-refractivity contribution in [1.29, 1.82) is 5.26 Å². The fraction of sp³-hybridized carbons (Fsp3) is 0.277. The number of ether oxygens (including phenoxy) is 4. The molecule has 0 aromatic heterocycles. The summed E-state index contributed by atoms with van der Waals surface area (Å²) in [7, 11) is 0. The van der Waals surface area contributed by atoms with E-state index >= 15 is 8.78 Å². The third kappa shape index (κ3) is 15.9. The van der Waals surface area contributed by atoms with Crippen molar-refractivity contribution in [2.75, 3.05) is 0 Å². The van der Waals surface area contributed by atoms with Crippen LogP contribution in [-0.4, -0.2) is 23.9 Å². The molecule has 0 radical (unpaired) electrons. The highest BCUT2D eigenvalue weighted by Gasteiger charge is 2.23. The summed E-state index contributed by atoms with van der Waals surface area (Å²) in [4.78, 5) is 52.4. The second-order valence-corrected chi connectivity index (χ2v) is 18.9. The van der Waals surface area contributed by atoms with E-state index in [1.54, 1.807) is 54.6 Å². The van der Waals surface area contributed by atoms with Gasteiger partial charge < -0.3 is 18.9 Å². The van der Waals surface area contributed by atoms with Crippen molar-refractivity contribution in [1.82, 2.24) is 0 Å². The summed E-state index contributed by atoms with van der Waals surface area (Å²) >= 11 is 0. The van der Waals surface area contributed by atoms with E-state index in [0.29, 0.717) is 0 Å². The summed E-state index contributed by atoms with van der Waals surface area (Å²) in [6.07, 6.45) is 19.7. The van der Waals surface area contributed by atoms with Crippen LogP contribution in [0.25, 0.3) is 22.3 Å². The Bertz CT molecular complexity index is 2910. The number of halogens is 2. The van der Waals surface area contributed by atoms with Crippen molar-refractivity contribution in [3.05, 3.63) is 202 Å². The first kappa shape index (κ1) is 55.5. The Labute approximate surface area is 444 Å². The first-order valence-corrected chi connectivity index (χ1v) is 26.4. The van der Waals surface area contributed by atoms with Crippen molar-refractivity contribution in [3.8, 4) is 51.3 Å². The highest BCUT2D eigenvalue weighted by molar-refractivity contribution is 5.95. The van der Waals surface area contributed by atoms with Gasteiger partial charge in [-0.25, -0.2) is 28.0 Å². The molecule has 0 aliphatic heterocycles. The zero-order valence-corrected chi connectivity index (χ0v) is 43.2. The fourth-order valence-corrected chi connectivity index (χ4v) is 8.78. The van der Waals surface area contributed by atoms with E-state index < -0.39 is 52.2 Å². The monoisotopic (exact) mass is 1020 g/mol. The van der Waals surface area contributed by atoms with Crippen LogP contribution in [0.1, 0.15) is 162 Å². The number of carbonyl (C=O) groups is 4. The summed E-state index contributed by atoms with van der Waals surface area (Å²) in [5.41, 5.74) is 5.38. The van der Waals surface area contributed by atoms with Crippen molar-refractivity contribution in [2.45, 2.75) is 117 Å². The Kier molecular flexibility index (Phi) is 20.8. The van der Waals surface area contributed by atoms with Gasteiger partial charge >= 0.3 is 23.9 Å². The summed E-state index contributed by atoms with van der Waals surface area (Å²) in [6, 6.07) is 42.3. The SMILES string of the molecule is CCCCCCCCCc1ccc(-c2ccc(C(=O)Oc3ccc(C(=O)Oc4cccc(OC(=O)c5ccc(OC(=O)c6ccc(-c7ccc(CCCCCCCCC)cc7)cc6)cc5F)c4C#N)c(F)c3)cc2)cc1. The first-order chi connectivity index (χ1) is 37.0. The molecule has 0 unspecified atom stereocenters. The minimum atomic E-state index is -1.21. The maximum atomic E-state index is 15.4. The lowest BCUT2D eigenvalue weighted by atomic mass is 10.00. The van der Waals surface area contributed by atoms with Gasteiger partial charge in [0.1, 0.15) is 34.8 Å². The van der Waals surface area contributed by atoms with Gasteiger partial charge in [-0.2, -0.15) is 5.26 Å². The topological polar surface area (TPSA) is 129 Å². The van der Waals surface area contributed by atoms with Gasteiger partial charge in [-0.1, -0.05) is 170 Å². The smallest absolute Gasteiger partial charge is 0.346 e. The first-order valence-electron chi connectivity index (χ1n) is 26.4. The van der Waals surface area contributed by atoms with Gasteiger partial charge in [-0.05, 0) is 120 Å². The predicted molar refractivity (Wildman–Crippen MR) is 291 cm³/mol. The van der Waals surface area contributed by atoms with E-state index in [1.165, 1.54) is 131 Å². The molecule has 0 saturated heterocycles. The Hall–Kier alpha value is -8.23. The van der Waals surface area contributed by atoms with Crippen LogP contribution in [0.15, 0.2) is 152 Å². The number of esters is 4. The highest BCUT2D eigenvalue weighted by Crippen LogP contribution is 2.31. The van der Waals surface area contributed by atoms with Crippen LogP contribution < -0.4 is 18.9 Å². The molecular weight excluding hydrogens is 961 g/mol. The maximum absolute atomic E-state index is 15.4. The van der Waals surface area contributed by atoms with Gasteiger partial charge in [0.05, 0.1) is 22.3 Å². The van der Waals surface area contributed by atoms with E-state index in [4.69, 9.17) is 18.9 Å². The molecule has 0 amide bonds. The zero-order chi connectivity index (χ0) is 53.7. The zero-order valence-electron chi connectivity index (χ0n) is 43.2. The molecule has 0 bridgehead atoms. The summed E-state index contributed by atoms with van der Waals surface area (Å²) in [5.74, 6) is -7.12. The normalized spacial score (nSPS) is 10.9. The van der Waals surface area contributed by atoms with Crippen molar-refractivity contribution in [2.24, 2.45) is 0 Å². The average Bonchev–Trinajstić information content (AvgIpc) is 3.43. The molecule has 9 nitrogen and oxygen atoms in total. The van der Waals surface area contributed by atoms with E-state index in [1.807, 2.05) is 0 Å². The molecule has 0 atom stereocenters. The van der Waals surface area contributed by atoms with E-state index in [-0.39, 0.29) is 34.1 Å².